The molecule has 2 rings (SSSR count). The Kier molecular flexibility index (Phi) is 9.76. The van der Waals surface area contributed by atoms with E-state index in [1.165, 1.54) is 5.56 Å². The molecule has 0 aliphatic rings. The second-order valence-electron chi connectivity index (χ2n) is 7.13. The van der Waals surface area contributed by atoms with Crippen molar-refractivity contribution < 1.29 is 22.1 Å². The molecule has 0 radical (unpaired) electrons. The predicted molar refractivity (Wildman–Crippen MR) is 116 cm³/mol. The van der Waals surface area contributed by atoms with Gasteiger partial charge in [-0.2, -0.15) is 8.42 Å². The molecule has 2 N–H and O–H groups in total. The van der Waals surface area contributed by atoms with Gasteiger partial charge in [-0.1, -0.05) is 25.5 Å². The first-order valence-corrected chi connectivity index (χ1v) is 11.8. The molecule has 0 bridgehead atoms. The number of aromatic nitrogens is 1. The van der Waals surface area contributed by atoms with Crippen LogP contribution in [0.4, 0.5) is 0 Å². The standard InChI is InChI=1S/C22H30N2O5S/c1-2-3-16-30(26,27)29-22(25)21(23)17-19-7-9-20(10-8-19)28-15-5-4-6-18-11-13-24-14-12-18/h7-14,21H,2-6,15-17,23H2,1H3/t21-/m0/s1. The first-order chi connectivity index (χ1) is 14.4. The molecule has 1 atom stereocenters. The van der Waals surface area contributed by atoms with E-state index in [2.05, 4.69) is 9.17 Å². The first kappa shape index (κ1) is 23.8. The number of hydrogen-bond donors (Lipinski definition) is 1. The molecule has 0 aliphatic carbocycles. The summed E-state index contributed by atoms with van der Waals surface area (Å²) in [5, 5.41) is 0. The summed E-state index contributed by atoms with van der Waals surface area (Å²) in [6.07, 6.45) is 7.88. The van der Waals surface area contributed by atoms with E-state index in [-0.39, 0.29) is 12.2 Å². The molecule has 164 valence electrons. The van der Waals surface area contributed by atoms with Crippen LogP contribution in [0.1, 0.15) is 43.7 Å². The van der Waals surface area contributed by atoms with Crippen LogP contribution in [0.25, 0.3) is 0 Å². The molecule has 7 nitrogen and oxygen atoms in total. The van der Waals surface area contributed by atoms with E-state index in [0.717, 1.165) is 30.6 Å². The Labute approximate surface area is 178 Å². The molecule has 0 amide bonds. The lowest BCUT2D eigenvalue weighted by Crippen LogP contribution is -2.36. The summed E-state index contributed by atoms with van der Waals surface area (Å²) in [7, 11) is -3.87. The predicted octanol–water partition coefficient (Wildman–Crippen LogP) is 3.03. The fourth-order valence-electron chi connectivity index (χ4n) is 2.78. The van der Waals surface area contributed by atoms with Crippen LogP contribution in [0, 0.1) is 0 Å². The highest BCUT2D eigenvalue weighted by atomic mass is 32.2. The summed E-state index contributed by atoms with van der Waals surface area (Å²) in [5.41, 5.74) is 7.88. The van der Waals surface area contributed by atoms with Crippen LogP contribution in [-0.2, 0) is 31.9 Å². The zero-order valence-corrected chi connectivity index (χ0v) is 18.1. The summed E-state index contributed by atoms with van der Waals surface area (Å²) < 4.78 is 33.7. The topological polar surface area (TPSA) is 109 Å². The maximum absolute atomic E-state index is 11.9. The first-order valence-electron chi connectivity index (χ1n) is 10.2. The largest absolute Gasteiger partial charge is 0.494 e. The third-order valence-corrected chi connectivity index (χ3v) is 5.72. The number of carbonyl (C=O) groups excluding carboxylic acids is 1. The van der Waals surface area contributed by atoms with Crippen molar-refractivity contribution in [3.63, 3.8) is 0 Å². The molecule has 0 aliphatic heterocycles. The molecule has 2 aromatic rings. The van der Waals surface area contributed by atoms with Crippen LogP contribution in [0.5, 0.6) is 5.75 Å². The number of ether oxygens (including phenoxy) is 1. The Morgan fingerprint density at radius 1 is 1.03 bits per heavy atom. The summed E-state index contributed by atoms with van der Waals surface area (Å²) in [6.45, 7) is 2.48. The Morgan fingerprint density at radius 3 is 2.40 bits per heavy atom. The van der Waals surface area contributed by atoms with Crippen molar-refractivity contribution in [3.05, 3.63) is 59.9 Å². The van der Waals surface area contributed by atoms with Crippen molar-refractivity contribution in [1.29, 1.82) is 0 Å². The van der Waals surface area contributed by atoms with Crippen molar-refractivity contribution in [2.45, 2.75) is 51.5 Å². The van der Waals surface area contributed by atoms with Gasteiger partial charge in [0.15, 0.2) is 0 Å². The smallest absolute Gasteiger partial charge is 0.339 e. The minimum Gasteiger partial charge on any atom is -0.494 e. The molecule has 0 fully saturated rings. The summed E-state index contributed by atoms with van der Waals surface area (Å²) in [4.78, 5) is 15.9. The number of nitrogens with zero attached hydrogens (tertiary/aromatic N) is 1. The summed E-state index contributed by atoms with van der Waals surface area (Å²) >= 11 is 0. The number of rotatable bonds is 13. The molecular formula is C22H30N2O5S. The lowest BCUT2D eigenvalue weighted by Gasteiger charge is -2.12. The normalized spacial score (nSPS) is 12.3. The zero-order valence-electron chi connectivity index (χ0n) is 17.3. The second-order valence-corrected chi connectivity index (χ2v) is 8.82. The molecule has 30 heavy (non-hydrogen) atoms. The van der Waals surface area contributed by atoms with E-state index in [9.17, 15) is 13.2 Å². The van der Waals surface area contributed by atoms with Gasteiger partial charge in [0.05, 0.1) is 12.4 Å². The summed E-state index contributed by atoms with van der Waals surface area (Å²) in [5.74, 6) is -0.377. The van der Waals surface area contributed by atoms with Gasteiger partial charge in [-0.15, -0.1) is 0 Å². The number of nitrogens with two attached hydrogens (primary N) is 1. The highest BCUT2D eigenvalue weighted by Crippen LogP contribution is 2.15. The average molecular weight is 435 g/mol. The molecule has 0 saturated carbocycles. The maximum atomic E-state index is 11.9. The number of hydrogen-bond acceptors (Lipinski definition) is 7. The minimum absolute atomic E-state index is 0.184. The molecule has 0 saturated heterocycles. The highest BCUT2D eigenvalue weighted by Gasteiger charge is 2.22. The van der Waals surface area contributed by atoms with Crippen molar-refractivity contribution in [2.75, 3.05) is 12.4 Å². The maximum Gasteiger partial charge on any atom is 0.339 e. The third-order valence-electron chi connectivity index (χ3n) is 4.52. The molecule has 0 unspecified atom stereocenters. The van der Waals surface area contributed by atoms with Crippen LogP contribution in [-0.4, -0.2) is 37.8 Å². The quantitative estimate of drug-likeness (QED) is 0.381. The lowest BCUT2D eigenvalue weighted by atomic mass is 10.1. The molecule has 0 spiro atoms. The molecule has 1 heterocycles. The van der Waals surface area contributed by atoms with Gasteiger partial charge in [-0.05, 0) is 67.5 Å². The zero-order chi connectivity index (χ0) is 21.8. The Bertz CT molecular complexity index is 870. The van der Waals surface area contributed by atoms with Crippen molar-refractivity contribution >= 4 is 16.1 Å². The van der Waals surface area contributed by atoms with Crippen LogP contribution in [0.2, 0.25) is 0 Å². The van der Waals surface area contributed by atoms with E-state index in [1.807, 2.05) is 43.3 Å². The monoisotopic (exact) mass is 434 g/mol. The average Bonchev–Trinajstić information content (AvgIpc) is 2.73. The van der Waals surface area contributed by atoms with Gasteiger partial charge in [0.2, 0.25) is 0 Å². The third kappa shape index (κ3) is 8.92. The molecule has 8 heteroatoms. The van der Waals surface area contributed by atoms with Crippen molar-refractivity contribution in [2.24, 2.45) is 5.73 Å². The number of unbranched alkanes of at least 4 members (excludes halogenated alkanes) is 2. The van der Waals surface area contributed by atoms with Gasteiger partial charge in [0.1, 0.15) is 11.8 Å². The summed E-state index contributed by atoms with van der Waals surface area (Å²) in [6, 6.07) is 10.2. The Morgan fingerprint density at radius 2 is 1.73 bits per heavy atom. The van der Waals surface area contributed by atoms with E-state index >= 15 is 0 Å². The molecule has 1 aromatic heterocycles. The van der Waals surface area contributed by atoms with Gasteiger partial charge in [0.25, 0.3) is 0 Å². The number of pyridine rings is 1. The Balaban J connectivity index is 1.71. The van der Waals surface area contributed by atoms with Crippen LogP contribution >= 0.6 is 0 Å². The van der Waals surface area contributed by atoms with E-state index in [1.54, 1.807) is 12.4 Å². The van der Waals surface area contributed by atoms with Crippen molar-refractivity contribution in [3.8, 4) is 5.75 Å². The highest BCUT2D eigenvalue weighted by molar-refractivity contribution is 7.87. The molecular weight excluding hydrogens is 404 g/mol. The molecule has 1 aromatic carbocycles. The second kappa shape index (κ2) is 12.3. The van der Waals surface area contributed by atoms with E-state index in [0.29, 0.717) is 19.4 Å². The SMILES string of the molecule is CCCCS(=O)(=O)OC(=O)[C@@H](N)Cc1ccc(OCCCCc2ccncc2)cc1. The Hall–Kier alpha value is -2.45. The van der Waals surface area contributed by atoms with Crippen molar-refractivity contribution in [1.82, 2.24) is 4.98 Å². The van der Waals surface area contributed by atoms with Crippen LogP contribution in [0.3, 0.4) is 0 Å². The van der Waals surface area contributed by atoms with Gasteiger partial charge in [0, 0.05) is 12.4 Å². The fraction of sp³-hybridized carbons (Fsp3) is 0.455. The van der Waals surface area contributed by atoms with Gasteiger partial charge < -0.3 is 14.7 Å². The number of benzene rings is 1. The fourth-order valence-corrected chi connectivity index (χ4v) is 3.88. The number of aryl methyl sites for hydroxylation is 1. The van der Waals surface area contributed by atoms with E-state index < -0.39 is 22.1 Å². The lowest BCUT2D eigenvalue weighted by molar-refractivity contribution is -0.135. The van der Waals surface area contributed by atoms with Gasteiger partial charge in [-0.3, -0.25) is 4.98 Å². The van der Waals surface area contributed by atoms with E-state index in [4.69, 9.17) is 10.5 Å². The minimum atomic E-state index is -3.87. The number of carbonyl (C=O) groups is 1. The van der Waals surface area contributed by atoms with Gasteiger partial charge in [-0.25, -0.2) is 4.79 Å². The van der Waals surface area contributed by atoms with Crippen LogP contribution < -0.4 is 10.5 Å². The van der Waals surface area contributed by atoms with Gasteiger partial charge >= 0.3 is 16.1 Å². The van der Waals surface area contributed by atoms with Crippen LogP contribution in [0.15, 0.2) is 48.8 Å².